The topological polar surface area (TPSA) is 96.6 Å². The SMILES string of the molecule is CCCOC1(C2CCN2C(=O)[C@@H](Cc2ccc(OC)cc2)NC(=O)CCc2cnc[nH]2)C=CC=C(C)C1. The van der Waals surface area contributed by atoms with Crippen LogP contribution in [0, 0.1) is 0 Å². The Kier molecular flexibility index (Phi) is 8.82. The lowest BCUT2D eigenvalue weighted by Crippen LogP contribution is -2.66. The molecular formula is C29H38N4O4. The monoisotopic (exact) mass is 506 g/mol. The second kappa shape index (κ2) is 12.2. The maximum absolute atomic E-state index is 13.9. The molecule has 1 aliphatic heterocycles. The molecule has 2 amide bonds. The second-order valence-corrected chi connectivity index (χ2v) is 9.94. The number of ether oxygens (including phenoxy) is 2. The maximum Gasteiger partial charge on any atom is 0.245 e. The van der Waals surface area contributed by atoms with Gasteiger partial charge < -0.3 is 24.7 Å². The fourth-order valence-corrected chi connectivity index (χ4v) is 5.14. The van der Waals surface area contributed by atoms with Gasteiger partial charge in [-0.15, -0.1) is 0 Å². The molecule has 2 aromatic rings. The van der Waals surface area contributed by atoms with Crippen molar-refractivity contribution < 1.29 is 19.1 Å². The molecule has 1 fully saturated rings. The number of hydrogen-bond acceptors (Lipinski definition) is 5. The van der Waals surface area contributed by atoms with Gasteiger partial charge in [0.1, 0.15) is 17.4 Å². The third kappa shape index (κ3) is 6.49. The number of benzene rings is 1. The molecule has 1 aliphatic carbocycles. The third-order valence-electron chi connectivity index (χ3n) is 7.16. The molecule has 0 radical (unpaired) electrons. The average molecular weight is 507 g/mol. The molecule has 0 bridgehead atoms. The molecule has 2 aliphatic rings. The van der Waals surface area contributed by atoms with E-state index in [0.29, 0.717) is 26.0 Å². The zero-order valence-electron chi connectivity index (χ0n) is 22.0. The summed E-state index contributed by atoms with van der Waals surface area (Å²) >= 11 is 0. The fourth-order valence-electron chi connectivity index (χ4n) is 5.14. The van der Waals surface area contributed by atoms with Crippen molar-refractivity contribution in [1.82, 2.24) is 20.2 Å². The van der Waals surface area contributed by atoms with E-state index in [1.165, 1.54) is 5.57 Å². The summed E-state index contributed by atoms with van der Waals surface area (Å²) in [6.45, 7) is 5.48. The predicted molar refractivity (Wildman–Crippen MR) is 142 cm³/mol. The largest absolute Gasteiger partial charge is 0.497 e. The van der Waals surface area contributed by atoms with Crippen molar-refractivity contribution in [2.45, 2.75) is 70.1 Å². The van der Waals surface area contributed by atoms with Crippen LogP contribution in [0.2, 0.25) is 0 Å². The summed E-state index contributed by atoms with van der Waals surface area (Å²) in [7, 11) is 1.62. The fraction of sp³-hybridized carbons (Fsp3) is 0.483. The van der Waals surface area contributed by atoms with E-state index in [4.69, 9.17) is 9.47 Å². The highest BCUT2D eigenvalue weighted by Crippen LogP contribution is 2.39. The number of nitrogens with zero attached hydrogens (tertiary/aromatic N) is 2. The predicted octanol–water partition coefficient (Wildman–Crippen LogP) is 3.75. The van der Waals surface area contributed by atoms with Gasteiger partial charge in [0, 0.05) is 44.3 Å². The molecule has 2 heterocycles. The average Bonchev–Trinajstić information content (AvgIpc) is 3.39. The molecule has 198 valence electrons. The number of nitrogens with one attached hydrogen (secondary N) is 2. The molecule has 2 N–H and O–H groups in total. The van der Waals surface area contributed by atoms with Gasteiger partial charge in [-0.25, -0.2) is 4.98 Å². The van der Waals surface area contributed by atoms with E-state index < -0.39 is 11.6 Å². The minimum absolute atomic E-state index is 0.0632. The van der Waals surface area contributed by atoms with Gasteiger partial charge in [0.2, 0.25) is 11.8 Å². The minimum atomic E-state index is -0.669. The van der Waals surface area contributed by atoms with Gasteiger partial charge in [-0.05, 0) is 43.9 Å². The summed E-state index contributed by atoms with van der Waals surface area (Å²) in [6.07, 6.45) is 13.3. The highest BCUT2D eigenvalue weighted by molar-refractivity contribution is 5.88. The molecule has 1 saturated heterocycles. The Morgan fingerprint density at radius 3 is 2.73 bits per heavy atom. The zero-order chi connectivity index (χ0) is 26.3. The van der Waals surface area contributed by atoms with Crippen LogP contribution in [0.25, 0.3) is 0 Å². The molecule has 0 spiro atoms. The Morgan fingerprint density at radius 2 is 2.11 bits per heavy atom. The van der Waals surface area contributed by atoms with Crippen molar-refractivity contribution in [1.29, 1.82) is 0 Å². The number of aromatic amines is 1. The van der Waals surface area contributed by atoms with Gasteiger partial charge in [0.15, 0.2) is 0 Å². The molecule has 4 rings (SSSR count). The summed E-state index contributed by atoms with van der Waals surface area (Å²) in [5, 5.41) is 3.03. The van der Waals surface area contributed by atoms with Crippen molar-refractivity contribution in [2.24, 2.45) is 0 Å². The van der Waals surface area contributed by atoms with Crippen LogP contribution in [0.15, 0.2) is 60.6 Å². The molecule has 37 heavy (non-hydrogen) atoms. The number of imidazole rings is 1. The Bertz CT molecular complexity index is 1110. The van der Waals surface area contributed by atoms with Crippen molar-refractivity contribution in [3.8, 4) is 5.75 Å². The number of carbonyl (C=O) groups is 2. The quantitative estimate of drug-likeness (QED) is 0.457. The zero-order valence-corrected chi connectivity index (χ0v) is 22.0. The first-order chi connectivity index (χ1) is 17.9. The normalized spacial score (nSPS) is 21.6. The number of rotatable bonds is 12. The lowest BCUT2D eigenvalue weighted by molar-refractivity contribution is -0.157. The van der Waals surface area contributed by atoms with Crippen LogP contribution in [0.5, 0.6) is 5.75 Å². The number of allylic oxidation sites excluding steroid dienone is 2. The molecule has 1 aromatic carbocycles. The van der Waals surface area contributed by atoms with Gasteiger partial charge in [-0.1, -0.05) is 42.9 Å². The van der Waals surface area contributed by atoms with Crippen LogP contribution in [0.4, 0.5) is 0 Å². The lowest BCUT2D eigenvalue weighted by atomic mass is 9.77. The number of H-pyrrole nitrogens is 1. The summed E-state index contributed by atoms with van der Waals surface area (Å²) in [4.78, 5) is 35.8. The first-order valence-electron chi connectivity index (χ1n) is 13.1. The molecular weight excluding hydrogens is 468 g/mol. The van der Waals surface area contributed by atoms with Gasteiger partial charge in [-0.2, -0.15) is 0 Å². The van der Waals surface area contributed by atoms with Crippen LogP contribution < -0.4 is 10.1 Å². The first kappa shape index (κ1) is 26.7. The highest BCUT2D eigenvalue weighted by Gasteiger charge is 2.49. The van der Waals surface area contributed by atoms with Crippen molar-refractivity contribution in [2.75, 3.05) is 20.3 Å². The Morgan fingerprint density at radius 1 is 1.30 bits per heavy atom. The van der Waals surface area contributed by atoms with E-state index in [-0.39, 0.29) is 24.3 Å². The molecule has 8 heteroatoms. The molecule has 0 saturated carbocycles. The molecule has 3 atom stereocenters. The Hall–Kier alpha value is -3.39. The van der Waals surface area contributed by atoms with Gasteiger partial charge in [0.05, 0.1) is 19.5 Å². The summed E-state index contributed by atoms with van der Waals surface area (Å²) < 4.78 is 11.7. The third-order valence-corrected chi connectivity index (χ3v) is 7.16. The Balaban J connectivity index is 1.51. The summed E-state index contributed by atoms with van der Waals surface area (Å²) in [5.41, 5.74) is 2.55. The van der Waals surface area contributed by atoms with E-state index in [0.717, 1.165) is 36.3 Å². The van der Waals surface area contributed by atoms with E-state index in [1.54, 1.807) is 19.6 Å². The standard InChI is InChI=1S/C29H38N4O4/c1-4-16-37-29(14-5-6-21(2)18-29)26-13-15-33(26)28(35)25(17-22-7-10-24(36-3)11-8-22)32-27(34)12-9-23-19-30-20-31-23/h5-8,10-11,14,19-20,25-26H,4,9,12-13,15-18H2,1-3H3,(H,30,31)(H,32,34)/t25-,26?,29?/m1/s1. The second-order valence-electron chi connectivity index (χ2n) is 9.94. The molecule has 8 nitrogen and oxygen atoms in total. The lowest BCUT2D eigenvalue weighted by Gasteiger charge is -2.52. The smallest absolute Gasteiger partial charge is 0.245 e. The van der Waals surface area contributed by atoms with Gasteiger partial charge >= 0.3 is 0 Å². The van der Waals surface area contributed by atoms with Crippen molar-refractivity contribution in [3.05, 3.63) is 71.8 Å². The van der Waals surface area contributed by atoms with Crippen molar-refractivity contribution in [3.63, 3.8) is 0 Å². The number of aryl methyl sites for hydroxylation is 1. The highest BCUT2D eigenvalue weighted by atomic mass is 16.5. The van der Waals surface area contributed by atoms with E-state index in [9.17, 15) is 9.59 Å². The Labute approximate surface area is 219 Å². The maximum atomic E-state index is 13.9. The number of likely N-dealkylation sites (tertiary alicyclic amines) is 1. The van der Waals surface area contributed by atoms with Gasteiger partial charge in [-0.3, -0.25) is 9.59 Å². The molecule has 2 unspecified atom stereocenters. The number of aromatic nitrogens is 2. The number of carbonyl (C=O) groups excluding carboxylic acids is 2. The van der Waals surface area contributed by atoms with Crippen LogP contribution in [-0.4, -0.2) is 64.6 Å². The van der Waals surface area contributed by atoms with Crippen molar-refractivity contribution >= 4 is 11.8 Å². The number of amides is 2. The van der Waals surface area contributed by atoms with Crippen LogP contribution in [-0.2, 0) is 27.2 Å². The first-order valence-corrected chi connectivity index (χ1v) is 13.1. The van der Waals surface area contributed by atoms with E-state index >= 15 is 0 Å². The number of methoxy groups -OCH3 is 1. The summed E-state index contributed by atoms with van der Waals surface area (Å²) in [6, 6.07) is 6.89. The van der Waals surface area contributed by atoms with E-state index in [2.05, 4.69) is 41.3 Å². The van der Waals surface area contributed by atoms with Crippen LogP contribution in [0.1, 0.15) is 50.8 Å². The van der Waals surface area contributed by atoms with Crippen LogP contribution >= 0.6 is 0 Å². The van der Waals surface area contributed by atoms with Crippen LogP contribution in [0.3, 0.4) is 0 Å². The van der Waals surface area contributed by atoms with E-state index in [1.807, 2.05) is 35.2 Å². The number of hydrogen-bond donors (Lipinski definition) is 2. The van der Waals surface area contributed by atoms with Gasteiger partial charge in [0.25, 0.3) is 0 Å². The molecule has 1 aromatic heterocycles. The summed E-state index contributed by atoms with van der Waals surface area (Å²) in [5.74, 6) is 0.523. The minimum Gasteiger partial charge on any atom is -0.497 e.